The summed E-state index contributed by atoms with van der Waals surface area (Å²) in [5.41, 5.74) is 0.984. The second-order valence-electron chi connectivity index (χ2n) is 3.40. The second kappa shape index (κ2) is 4.21. The van der Waals surface area contributed by atoms with E-state index in [1.807, 2.05) is 19.1 Å². The standard InChI is InChI=1S/C11H10O3S.H2O/c1-8-6-7-11(15(12,13)14)10-5-3-2-4-9(8)10;/h2-7H,1H3,(H,12,13,14);1H2. The Labute approximate surface area is 93.6 Å². The quantitative estimate of drug-likeness (QED) is 0.767. The Morgan fingerprint density at radius 2 is 1.56 bits per heavy atom. The van der Waals surface area contributed by atoms with Gasteiger partial charge >= 0.3 is 0 Å². The maximum atomic E-state index is 11.1. The van der Waals surface area contributed by atoms with Crippen LogP contribution in [0.5, 0.6) is 0 Å². The fraction of sp³-hybridized carbons (Fsp3) is 0.0909. The van der Waals surface area contributed by atoms with Crippen molar-refractivity contribution in [2.75, 3.05) is 0 Å². The largest absolute Gasteiger partial charge is 0.412 e. The minimum Gasteiger partial charge on any atom is -0.412 e. The second-order valence-corrected chi connectivity index (χ2v) is 4.79. The van der Waals surface area contributed by atoms with Gasteiger partial charge in [-0.1, -0.05) is 30.3 Å². The predicted octanol–water partition coefficient (Wildman–Crippen LogP) is 1.57. The van der Waals surface area contributed by atoms with E-state index in [1.54, 1.807) is 18.2 Å². The van der Waals surface area contributed by atoms with Crippen LogP contribution < -0.4 is 0 Å². The Kier molecular flexibility index (Phi) is 3.32. The van der Waals surface area contributed by atoms with Gasteiger partial charge in [0.25, 0.3) is 10.1 Å². The molecule has 0 spiro atoms. The maximum absolute atomic E-state index is 11.1. The van der Waals surface area contributed by atoms with E-state index in [-0.39, 0.29) is 10.4 Å². The summed E-state index contributed by atoms with van der Waals surface area (Å²) >= 11 is 0. The summed E-state index contributed by atoms with van der Waals surface area (Å²) in [5.74, 6) is 0. The zero-order valence-electron chi connectivity index (χ0n) is 8.64. The molecule has 0 atom stereocenters. The number of hydrogen-bond donors (Lipinski definition) is 1. The van der Waals surface area contributed by atoms with Gasteiger partial charge in [0.05, 0.1) is 0 Å². The Hall–Kier alpha value is -1.43. The maximum Gasteiger partial charge on any atom is 0.295 e. The van der Waals surface area contributed by atoms with Gasteiger partial charge in [-0.15, -0.1) is 0 Å². The van der Waals surface area contributed by atoms with Crippen molar-refractivity contribution in [2.24, 2.45) is 0 Å². The van der Waals surface area contributed by atoms with Crippen LogP contribution in [-0.4, -0.2) is 18.4 Å². The minimum absolute atomic E-state index is 0. The van der Waals surface area contributed by atoms with E-state index in [1.165, 1.54) is 6.07 Å². The summed E-state index contributed by atoms with van der Waals surface area (Å²) in [6.07, 6.45) is 0. The molecule has 2 aromatic carbocycles. The molecule has 0 bridgehead atoms. The third-order valence-corrected chi connectivity index (χ3v) is 3.29. The predicted molar refractivity (Wildman–Crippen MR) is 62.1 cm³/mol. The Balaban J connectivity index is 0.00000128. The smallest absolute Gasteiger partial charge is 0.295 e. The lowest BCUT2D eigenvalue weighted by Gasteiger charge is -2.05. The van der Waals surface area contributed by atoms with Crippen molar-refractivity contribution in [3.8, 4) is 0 Å². The molecule has 0 saturated heterocycles. The number of benzene rings is 2. The van der Waals surface area contributed by atoms with Crippen LogP contribution >= 0.6 is 0 Å². The zero-order valence-corrected chi connectivity index (χ0v) is 9.45. The van der Waals surface area contributed by atoms with E-state index in [2.05, 4.69) is 0 Å². The molecule has 0 amide bonds. The molecule has 0 saturated carbocycles. The fourth-order valence-corrected chi connectivity index (χ4v) is 2.34. The van der Waals surface area contributed by atoms with Crippen LogP contribution in [-0.2, 0) is 10.1 Å². The van der Waals surface area contributed by atoms with Gasteiger partial charge in [-0.2, -0.15) is 8.42 Å². The molecule has 0 aliphatic carbocycles. The van der Waals surface area contributed by atoms with Gasteiger partial charge in [0.2, 0.25) is 0 Å². The van der Waals surface area contributed by atoms with Crippen LogP contribution in [0.1, 0.15) is 5.56 Å². The highest BCUT2D eigenvalue weighted by molar-refractivity contribution is 7.86. The highest BCUT2D eigenvalue weighted by atomic mass is 32.2. The van der Waals surface area contributed by atoms with Crippen LogP contribution in [0.2, 0.25) is 0 Å². The summed E-state index contributed by atoms with van der Waals surface area (Å²) in [6.45, 7) is 1.90. The van der Waals surface area contributed by atoms with E-state index in [9.17, 15) is 8.42 Å². The lowest BCUT2D eigenvalue weighted by Crippen LogP contribution is -1.99. The molecule has 0 radical (unpaired) electrons. The van der Waals surface area contributed by atoms with Gasteiger partial charge in [0.1, 0.15) is 4.90 Å². The molecule has 0 aliphatic rings. The molecule has 0 aliphatic heterocycles. The highest BCUT2D eigenvalue weighted by Gasteiger charge is 2.13. The van der Waals surface area contributed by atoms with Crippen LogP contribution in [0.15, 0.2) is 41.3 Å². The molecule has 16 heavy (non-hydrogen) atoms. The first-order valence-corrected chi connectivity index (χ1v) is 5.90. The third kappa shape index (κ3) is 2.06. The molecular weight excluding hydrogens is 228 g/mol. The van der Waals surface area contributed by atoms with E-state index >= 15 is 0 Å². The topological polar surface area (TPSA) is 85.9 Å². The average Bonchev–Trinajstić information content (AvgIpc) is 2.17. The van der Waals surface area contributed by atoms with E-state index in [4.69, 9.17) is 4.55 Å². The lowest BCUT2D eigenvalue weighted by molar-refractivity contribution is 0.484. The first kappa shape index (κ1) is 12.6. The molecule has 0 fully saturated rings. The summed E-state index contributed by atoms with van der Waals surface area (Å²) in [4.78, 5) is -0.0382. The Morgan fingerprint density at radius 1 is 1.00 bits per heavy atom. The highest BCUT2D eigenvalue weighted by Crippen LogP contribution is 2.25. The fourth-order valence-electron chi connectivity index (χ4n) is 1.65. The molecule has 3 N–H and O–H groups in total. The SMILES string of the molecule is Cc1ccc(S(=O)(=O)O)c2ccccc12.O. The van der Waals surface area contributed by atoms with Crippen LogP contribution in [0, 0.1) is 6.92 Å². The summed E-state index contributed by atoms with van der Waals surface area (Å²) in [5, 5.41) is 1.40. The third-order valence-electron chi connectivity index (χ3n) is 2.38. The molecule has 0 unspecified atom stereocenters. The van der Waals surface area contributed by atoms with Crippen molar-refractivity contribution in [3.05, 3.63) is 42.0 Å². The first-order chi connectivity index (χ1) is 7.00. The van der Waals surface area contributed by atoms with Gasteiger partial charge in [0, 0.05) is 5.39 Å². The van der Waals surface area contributed by atoms with Gasteiger partial charge in [-0.25, -0.2) is 0 Å². The summed E-state index contributed by atoms with van der Waals surface area (Å²) < 4.78 is 31.3. The van der Waals surface area contributed by atoms with E-state index in [0.717, 1.165) is 10.9 Å². The van der Waals surface area contributed by atoms with Crippen molar-refractivity contribution in [1.29, 1.82) is 0 Å². The minimum atomic E-state index is -4.15. The van der Waals surface area contributed by atoms with Crippen LogP contribution in [0.25, 0.3) is 10.8 Å². The molecule has 4 nitrogen and oxygen atoms in total. The monoisotopic (exact) mass is 240 g/mol. The van der Waals surface area contributed by atoms with E-state index < -0.39 is 10.1 Å². The average molecular weight is 240 g/mol. The molecular formula is C11H12O4S. The van der Waals surface area contributed by atoms with Crippen molar-refractivity contribution in [3.63, 3.8) is 0 Å². The van der Waals surface area contributed by atoms with Crippen molar-refractivity contribution in [1.82, 2.24) is 0 Å². The Bertz CT molecular complexity index is 617. The van der Waals surface area contributed by atoms with Crippen LogP contribution in [0.3, 0.4) is 0 Å². The van der Waals surface area contributed by atoms with Gasteiger partial charge in [-0.05, 0) is 23.9 Å². The number of hydrogen-bond acceptors (Lipinski definition) is 2. The lowest BCUT2D eigenvalue weighted by atomic mass is 10.1. The number of aryl methyl sites for hydroxylation is 1. The van der Waals surface area contributed by atoms with Gasteiger partial charge in [0.15, 0.2) is 0 Å². The molecule has 2 aromatic rings. The van der Waals surface area contributed by atoms with Crippen molar-refractivity contribution < 1.29 is 18.4 Å². The summed E-state index contributed by atoms with van der Waals surface area (Å²) in [6, 6.07) is 10.2. The van der Waals surface area contributed by atoms with Gasteiger partial charge < -0.3 is 5.48 Å². The molecule has 0 heterocycles. The normalized spacial score (nSPS) is 11.1. The van der Waals surface area contributed by atoms with Crippen molar-refractivity contribution in [2.45, 2.75) is 11.8 Å². The zero-order chi connectivity index (χ0) is 11.1. The molecule has 0 aromatic heterocycles. The summed E-state index contributed by atoms with van der Waals surface area (Å²) in [7, 11) is -4.15. The van der Waals surface area contributed by atoms with Crippen molar-refractivity contribution >= 4 is 20.9 Å². The molecule has 86 valence electrons. The molecule has 5 heteroatoms. The Morgan fingerprint density at radius 3 is 2.12 bits per heavy atom. The van der Waals surface area contributed by atoms with E-state index in [0.29, 0.717) is 5.39 Å². The first-order valence-electron chi connectivity index (χ1n) is 4.46. The number of fused-ring (bicyclic) bond motifs is 1. The molecule has 2 rings (SSSR count). The number of rotatable bonds is 1. The van der Waals surface area contributed by atoms with Crippen LogP contribution in [0.4, 0.5) is 0 Å². The van der Waals surface area contributed by atoms with Gasteiger partial charge in [-0.3, -0.25) is 4.55 Å².